The number of benzene rings is 4. The van der Waals surface area contributed by atoms with E-state index < -0.39 is 78.0 Å². The number of hydrogen-bond acceptors (Lipinski definition) is 2. The van der Waals surface area contributed by atoms with Crippen molar-refractivity contribution in [2.75, 3.05) is 0 Å². The van der Waals surface area contributed by atoms with Crippen LogP contribution in [-0.2, 0) is 41.5 Å². The SMILES string of the molecule is CC(C)(C)c1cc(C[S]2=[Zr]=[S@@](Cc3cc(C(C)(C)C)cc([Si]([Si](C)(C)C)([Si](C)(C)C)[Si](C)(C)C)c3O)C3CCCCCC[C@@H]32)c(O)c([Si]([Si](C)(C)C)([Si](C)(C)C)[Si](C)(C)C)c1.[CH2-]c1ccccc1.[CH2-]c1ccccc1. The molecule has 1 fully saturated rings. The molecule has 4 atom stereocenters. The van der Waals surface area contributed by atoms with E-state index in [1.54, 1.807) is 0 Å². The summed E-state index contributed by atoms with van der Waals surface area (Å²) in [5.41, 5.74) is 7.83. The van der Waals surface area contributed by atoms with Crippen molar-refractivity contribution in [1.82, 2.24) is 0 Å². The minimum absolute atomic E-state index is 0.0368. The first-order valence-corrected chi connectivity index (χ1v) is 68.5. The number of aromatic hydroxyl groups is 2. The molecule has 420 valence electrons. The summed E-state index contributed by atoms with van der Waals surface area (Å²) >= 11 is -0.895. The zero-order valence-corrected chi connectivity index (χ0v) is 64.6. The summed E-state index contributed by atoms with van der Waals surface area (Å²) in [4.78, 5) is 0. The van der Waals surface area contributed by atoms with Crippen LogP contribution in [0.1, 0.15) is 113 Å². The number of hydrogen-bond donors (Lipinski definition) is 2. The number of fused-ring (bicyclic) bond motifs is 1. The molecule has 75 heavy (non-hydrogen) atoms. The minimum Gasteiger partial charge on any atom is -0.199 e. The minimum atomic E-state index is -2.05. The third kappa shape index (κ3) is 15.0. The van der Waals surface area contributed by atoms with Gasteiger partial charge in [0.15, 0.2) is 0 Å². The van der Waals surface area contributed by atoms with Crippen molar-refractivity contribution in [2.45, 2.75) is 231 Å². The molecule has 1 aliphatic heterocycles. The van der Waals surface area contributed by atoms with Gasteiger partial charge in [-0.1, -0.05) is 12.1 Å². The van der Waals surface area contributed by atoms with Gasteiger partial charge in [0, 0.05) is 0 Å². The largest absolute Gasteiger partial charge is 0.199 e. The Hall–Kier alpha value is -0.462. The molecular weight excluding hydrogens is 1160 g/mol. The van der Waals surface area contributed by atoms with Gasteiger partial charge in [-0.25, -0.2) is 0 Å². The van der Waals surface area contributed by atoms with Crippen LogP contribution in [0, 0.1) is 13.8 Å². The van der Waals surface area contributed by atoms with E-state index >= 15 is 0 Å². The smallest absolute Gasteiger partial charge is 0.0866 e. The summed E-state index contributed by atoms with van der Waals surface area (Å²) in [6.45, 7) is 66.3. The van der Waals surface area contributed by atoms with Gasteiger partial charge in [-0.15, -0.1) is 24.3 Å². The molecule has 0 aromatic heterocycles. The predicted octanol–water partition coefficient (Wildman–Crippen LogP) is 18.5. The van der Waals surface area contributed by atoms with E-state index in [4.69, 9.17) is 0 Å². The quantitative estimate of drug-likeness (QED) is 0.110. The second-order valence-corrected chi connectivity index (χ2v) is 127. The van der Waals surface area contributed by atoms with Crippen molar-refractivity contribution in [1.29, 1.82) is 0 Å². The molecule has 0 amide bonds. The summed E-state index contributed by atoms with van der Waals surface area (Å²) < 4.78 is 0. The Labute approximate surface area is 482 Å². The maximum absolute atomic E-state index is 13.1. The van der Waals surface area contributed by atoms with Crippen molar-refractivity contribution in [3.63, 3.8) is 0 Å². The van der Waals surface area contributed by atoms with E-state index in [0.717, 1.165) is 44.6 Å². The van der Waals surface area contributed by atoms with E-state index in [1.807, 2.05) is 60.7 Å². The van der Waals surface area contributed by atoms with Crippen LogP contribution >= 0.6 is 14.2 Å². The molecule has 0 spiro atoms. The van der Waals surface area contributed by atoms with Gasteiger partial charge in [0.2, 0.25) is 0 Å². The van der Waals surface area contributed by atoms with Gasteiger partial charge in [-0.05, 0) is 0 Å². The molecule has 1 saturated carbocycles. The molecule has 0 radical (unpaired) electrons. The van der Waals surface area contributed by atoms with Crippen LogP contribution < -0.4 is 10.4 Å². The zero-order chi connectivity index (χ0) is 57.3. The van der Waals surface area contributed by atoms with Crippen LogP contribution in [-0.4, -0.2) is 79.5 Å². The van der Waals surface area contributed by atoms with Crippen LogP contribution in [0.5, 0.6) is 11.5 Å². The molecule has 2 unspecified atom stereocenters. The zero-order valence-electron chi connectivity index (χ0n) is 52.5. The Bertz CT molecular complexity index is 2380. The predicted molar refractivity (Wildman–Crippen MR) is 364 cm³/mol. The van der Waals surface area contributed by atoms with Crippen molar-refractivity contribution in [3.05, 3.63) is 132 Å². The Kier molecular flexibility index (Phi) is 22.3. The molecule has 0 saturated heterocycles. The average Bonchev–Trinajstić information content (AvgIpc) is 3.51. The Morgan fingerprint density at radius 2 is 0.707 bits per heavy atom. The van der Waals surface area contributed by atoms with Crippen molar-refractivity contribution in [2.24, 2.45) is 0 Å². The van der Waals surface area contributed by atoms with Crippen molar-refractivity contribution in [3.8, 4) is 11.5 Å². The van der Waals surface area contributed by atoms with Crippen LogP contribution in [0.3, 0.4) is 0 Å². The molecule has 13 heteroatoms. The molecule has 2 nitrogen and oxygen atoms in total. The summed E-state index contributed by atoms with van der Waals surface area (Å²) in [6.07, 6.45) is 8.31. The molecule has 1 aliphatic carbocycles. The fourth-order valence-corrected chi connectivity index (χ4v) is 245. The molecule has 4 aromatic carbocycles. The molecular formula is C62H110O2S2Si8Zr-2. The van der Waals surface area contributed by atoms with Gasteiger partial charge in [-0.2, -0.15) is 49.2 Å². The second kappa shape index (κ2) is 24.9. The maximum Gasteiger partial charge on any atom is -0.0866 e. The van der Waals surface area contributed by atoms with Gasteiger partial charge >= 0.3 is 402 Å². The van der Waals surface area contributed by atoms with Crippen molar-refractivity contribution >= 4 is 83.4 Å². The van der Waals surface area contributed by atoms with E-state index in [-0.39, 0.29) is 10.8 Å². The van der Waals surface area contributed by atoms with Gasteiger partial charge < -0.3 is 0 Å². The number of phenols is 2. The summed E-state index contributed by atoms with van der Waals surface area (Å²) in [5, 5.41) is 30.8. The van der Waals surface area contributed by atoms with Crippen LogP contribution in [0.25, 0.3) is 0 Å². The van der Waals surface area contributed by atoms with E-state index in [1.165, 1.54) is 71.2 Å². The third-order valence-electron chi connectivity index (χ3n) is 17.1. The molecule has 2 aliphatic rings. The van der Waals surface area contributed by atoms with Crippen LogP contribution in [0.4, 0.5) is 0 Å². The standard InChI is InChI=1S/C48H96O2S2Si8.2C7H7.Zr/c1-47(2,3)39-31-37(45(49)43(33-39)59(53(7,8)9,54(10,11)12)55(13,14)15)35-51-41-29-27-25-26-28-30-42(41)52-36-38-32-40(48(4,5)6)34-44(46(38)50)60(56(16,17)18,57(19,20)21)58(22,23)24;2*1-7-5-3-2-4-6-7;/h31-34,41-42,49-50H,25-30,35-36H2,1-24H3;2*2-6H,1H2;/q;2*-1;/t41-,42?;;;/m0.../s1. The molecule has 6 rings (SSSR count). The average molecular weight is 1270 g/mol. The number of rotatable bonds is 12. The first kappa shape index (κ1) is 67.0. The van der Waals surface area contributed by atoms with Crippen LogP contribution in [0.2, 0.25) is 118 Å². The fraction of sp³-hybridized carbons (Fsp3) is 0.581. The Morgan fingerprint density at radius 3 is 0.920 bits per heavy atom. The molecule has 4 aromatic rings. The van der Waals surface area contributed by atoms with E-state index in [0.29, 0.717) is 14.2 Å². The van der Waals surface area contributed by atoms with E-state index in [9.17, 15) is 10.2 Å². The van der Waals surface area contributed by atoms with E-state index in [2.05, 4.69) is 198 Å². The molecule has 0 bridgehead atoms. The van der Waals surface area contributed by atoms with Gasteiger partial charge in [0.05, 0.1) is 0 Å². The Balaban J connectivity index is 0.000000745. The monoisotopic (exact) mass is 1260 g/mol. The summed E-state index contributed by atoms with van der Waals surface area (Å²) in [5.74, 6) is 3.75. The first-order chi connectivity index (χ1) is 34.0. The normalized spacial score (nSPS) is 19.5. The van der Waals surface area contributed by atoms with Crippen LogP contribution in [0.15, 0.2) is 84.9 Å². The third-order valence-corrected chi connectivity index (χ3v) is 181. The van der Waals surface area contributed by atoms with Gasteiger partial charge in [0.25, 0.3) is 0 Å². The summed E-state index contributed by atoms with van der Waals surface area (Å²) in [6, 6.07) is 30.0. The topological polar surface area (TPSA) is 40.5 Å². The first-order valence-electron chi connectivity index (χ1n) is 28.6. The molecule has 1 heterocycles. The van der Waals surface area contributed by atoms with Gasteiger partial charge in [0.1, 0.15) is 0 Å². The Morgan fingerprint density at radius 1 is 0.440 bits per heavy atom. The van der Waals surface area contributed by atoms with Crippen molar-refractivity contribution < 1.29 is 29.4 Å². The maximum atomic E-state index is 13.1. The summed E-state index contributed by atoms with van der Waals surface area (Å²) in [7, 11) is -9.46. The molecule has 2 N–H and O–H groups in total. The number of phenolic OH excluding ortho intramolecular Hbond substituents is 2. The van der Waals surface area contributed by atoms with Gasteiger partial charge in [-0.3, -0.25) is 0 Å². The fourth-order valence-electron chi connectivity index (χ4n) is 16.1. The second-order valence-electron chi connectivity index (χ2n) is 30.8.